The van der Waals surface area contributed by atoms with E-state index in [0.717, 1.165) is 41.9 Å². The number of nitrogens with two attached hydrogens (primary N) is 1. The van der Waals surface area contributed by atoms with Gasteiger partial charge in [0.2, 0.25) is 0 Å². The first-order valence-electron chi connectivity index (χ1n) is 11.7. The van der Waals surface area contributed by atoms with Gasteiger partial charge in [0, 0.05) is 18.8 Å². The van der Waals surface area contributed by atoms with E-state index in [1.54, 1.807) is 0 Å². The van der Waals surface area contributed by atoms with E-state index in [1.807, 2.05) is 54.0 Å². The van der Waals surface area contributed by atoms with Gasteiger partial charge in [0.15, 0.2) is 5.65 Å². The van der Waals surface area contributed by atoms with Crippen LogP contribution in [0.3, 0.4) is 0 Å². The van der Waals surface area contributed by atoms with Gasteiger partial charge in [-0.05, 0) is 75.2 Å². The number of nitrogen functional groups attached to an aromatic ring is 1. The van der Waals surface area contributed by atoms with Crippen molar-refractivity contribution in [3.63, 3.8) is 0 Å². The number of hydrogen-bond acceptors (Lipinski definition) is 5. The number of piperidine rings is 1. The summed E-state index contributed by atoms with van der Waals surface area (Å²) in [6, 6.07) is 13.6. The van der Waals surface area contributed by atoms with Crippen LogP contribution in [0, 0.1) is 13.8 Å². The van der Waals surface area contributed by atoms with E-state index in [9.17, 15) is 4.79 Å². The number of fused-ring (bicyclic) bond motifs is 2. The monoisotopic (exact) mass is 442 g/mol. The van der Waals surface area contributed by atoms with E-state index in [1.165, 1.54) is 24.8 Å². The van der Waals surface area contributed by atoms with Gasteiger partial charge in [0.05, 0.1) is 11.0 Å². The van der Waals surface area contributed by atoms with E-state index < -0.39 is 0 Å². The highest BCUT2D eigenvalue weighted by atomic mass is 16.1. The van der Waals surface area contributed by atoms with Gasteiger partial charge in [-0.15, -0.1) is 0 Å². The van der Waals surface area contributed by atoms with Crippen molar-refractivity contribution >= 4 is 39.6 Å². The fraction of sp³-hybridized carbons (Fsp3) is 0.346. The Balaban J connectivity index is 1.55. The molecule has 1 aliphatic rings. The lowest BCUT2D eigenvalue weighted by molar-refractivity contribution is 0.102. The van der Waals surface area contributed by atoms with Crippen molar-refractivity contribution in [3.8, 4) is 0 Å². The van der Waals surface area contributed by atoms with Gasteiger partial charge in [-0.3, -0.25) is 4.79 Å². The fourth-order valence-corrected chi connectivity index (χ4v) is 4.60. The topological polar surface area (TPSA) is 89.1 Å². The molecule has 2 aromatic carbocycles. The molecule has 3 N–H and O–H groups in total. The molecule has 1 saturated heterocycles. The second-order valence-electron chi connectivity index (χ2n) is 8.95. The lowest BCUT2D eigenvalue weighted by atomic mass is 10.1. The average Bonchev–Trinajstić information content (AvgIpc) is 3.09. The molecule has 0 atom stereocenters. The van der Waals surface area contributed by atoms with Crippen LogP contribution in [0.15, 0.2) is 42.5 Å². The Morgan fingerprint density at radius 1 is 0.970 bits per heavy atom. The molecule has 170 valence electrons. The molecule has 0 spiro atoms. The number of carbonyl (C=O) groups is 1. The van der Waals surface area contributed by atoms with Crippen molar-refractivity contribution in [2.45, 2.75) is 39.7 Å². The molecule has 0 radical (unpaired) electrons. The SMILES string of the molecule is Cc1ccc(NC(=O)c2c(N)n(CCN3CCCCC3)c3nc4ccccc4nc23)cc1C. The third-order valence-electron chi connectivity index (χ3n) is 6.67. The van der Waals surface area contributed by atoms with Crippen molar-refractivity contribution in [1.82, 2.24) is 19.4 Å². The molecular weight excluding hydrogens is 412 g/mol. The van der Waals surface area contributed by atoms with Gasteiger partial charge in [-0.2, -0.15) is 0 Å². The quantitative estimate of drug-likeness (QED) is 0.474. The molecule has 0 saturated carbocycles. The van der Waals surface area contributed by atoms with Crippen molar-refractivity contribution in [3.05, 3.63) is 59.2 Å². The highest BCUT2D eigenvalue weighted by Crippen LogP contribution is 2.29. The molecule has 5 rings (SSSR count). The van der Waals surface area contributed by atoms with Crippen molar-refractivity contribution in [2.75, 3.05) is 30.7 Å². The van der Waals surface area contributed by atoms with Crippen LogP contribution in [-0.4, -0.2) is 45.0 Å². The molecule has 1 amide bonds. The second-order valence-corrected chi connectivity index (χ2v) is 8.95. The largest absolute Gasteiger partial charge is 0.384 e. The Bertz CT molecular complexity index is 1340. The number of nitrogens with one attached hydrogen (secondary N) is 1. The Labute approximate surface area is 193 Å². The second kappa shape index (κ2) is 8.83. The summed E-state index contributed by atoms with van der Waals surface area (Å²) in [6.45, 7) is 7.84. The lowest BCUT2D eigenvalue weighted by Gasteiger charge is -2.26. The zero-order valence-electron chi connectivity index (χ0n) is 19.3. The maximum Gasteiger partial charge on any atom is 0.261 e. The standard InChI is InChI=1S/C26H30N6O/c1-17-10-11-19(16-18(17)2)28-26(33)22-23-25(30-21-9-5-4-8-20(21)29-23)32(24(22)27)15-14-31-12-6-3-7-13-31/h4-5,8-11,16H,3,6-7,12-15,27H2,1-2H3,(H,28,33). The average molecular weight is 443 g/mol. The Hall–Kier alpha value is -3.45. The molecule has 0 unspecified atom stereocenters. The van der Waals surface area contributed by atoms with Gasteiger partial charge in [0.1, 0.15) is 16.9 Å². The zero-order chi connectivity index (χ0) is 22.9. The first kappa shape index (κ1) is 21.4. The maximum atomic E-state index is 13.4. The number of aromatic nitrogens is 3. The Morgan fingerprint density at radius 3 is 2.42 bits per heavy atom. The number of anilines is 2. The fourth-order valence-electron chi connectivity index (χ4n) is 4.60. The number of aryl methyl sites for hydroxylation is 2. The van der Waals surface area contributed by atoms with Crippen LogP contribution >= 0.6 is 0 Å². The highest BCUT2D eigenvalue weighted by Gasteiger charge is 2.24. The van der Waals surface area contributed by atoms with Gasteiger partial charge >= 0.3 is 0 Å². The minimum atomic E-state index is -0.262. The molecule has 1 aliphatic heterocycles. The Morgan fingerprint density at radius 2 is 1.70 bits per heavy atom. The van der Waals surface area contributed by atoms with Crippen molar-refractivity contribution < 1.29 is 4.79 Å². The van der Waals surface area contributed by atoms with Gasteiger partial charge in [-0.25, -0.2) is 9.97 Å². The summed E-state index contributed by atoms with van der Waals surface area (Å²) in [4.78, 5) is 25.5. The summed E-state index contributed by atoms with van der Waals surface area (Å²) in [6.07, 6.45) is 3.76. The number of para-hydroxylation sites is 2. The molecule has 1 fully saturated rings. The molecule has 7 nitrogen and oxygen atoms in total. The van der Waals surface area contributed by atoms with Crippen LogP contribution < -0.4 is 11.1 Å². The van der Waals surface area contributed by atoms with Crippen LogP contribution in [0.2, 0.25) is 0 Å². The molecule has 0 bridgehead atoms. The summed E-state index contributed by atoms with van der Waals surface area (Å²) in [7, 11) is 0. The molecule has 33 heavy (non-hydrogen) atoms. The van der Waals surface area contributed by atoms with Crippen LogP contribution in [-0.2, 0) is 6.54 Å². The third-order valence-corrected chi connectivity index (χ3v) is 6.67. The van der Waals surface area contributed by atoms with Gasteiger partial charge < -0.3 is 20.5 Å². The number of likely N-dealkylation sites (tertiary alicyclic amines) is 1. The minimum Gasteiger partial charge on any atom is -0.384 e. The van der Waals surface area contributed by atoms with Crippen LogP contribution in [0.4, 0.5) is 11.5 Å². The van der Waals surface area contributed by atoms with E-state index in [0.29, 0.717) is 29.1 Å². The number of rotatable bonds is 5. The molecule has 3 heterocycles. The normalized spacial score (nSPS) is 14.7. The lowest BCUT2D eigenvalue weighted by Crippen LogP contribution is -2.32. The van der Waals surface area contributed by atoms with E-state index in [4.69, 9.17) is 15.7 Å². The van der Waals surface area contributed by atoms with E-state index in [2.05, 4.69) is 17.1 Å². The molecule has 7 heteroatoms. The maximum absolute atomic E-state index is 13.4. The predicted octanol–water partition coefficient (Wildman–Crippen LogP) is 4.52. The van der Waals surface area contributed by atoms with Crippen LogP contribution in [0.1, 0.15) is 40.7 Å². The number of amides is 1. The molecular formula is C26H30N6O. The molecule has 4 aromatic rings. The van der Waals surface area contributed by atoms with Crippen LogP contribution in [0.25, 0.3) is 22.2 Å². The first-order chi connectivity index (χ1) is 16.0. The van der Waals surface area contributed by atoms with Gasteiger partial charge in [0.25, 0.3) is 5.91 Å². The molecule has 0 aliphatic carbocycles. The smallest absolute Gasteiger partial charge is 0.261 e. The predicted molar refractivity (Wildman–Crippen MR) is 134 cm³/mol. The minimum absolute atomic E-state index is 0.262. The van der Waals surface area contributed by atoms with E-state index >= 15 is 0 Å². The number of benzene rings is 2. The summed E-state index contributed by atoms with van der Waals surface area (Å²) in [5.74, 6) is 0.153. The summed E-state index contributed by atoms with van der Waals surface area (Å²) >= 11 is 0. The van der Waals surface area contributed by atoms with Crippen molar-refractivity contribution in [1.29, 1.82) is 0 Å². The number of nitrogens with zero attached hydrogens (tertiary/aromatic N) is 4. The van der Waals surface area contributed by atoms with Gasteiger partial charge in [-0.1, -0.05) is 24.6 Å². The highest BCUT2D eigenvalue weighted by molar-refractivity contribution is 6.16. The number of hydrogen-bond donors (Lipinski definition) is 2. The summed E-state index contributed by atoms with van der Waals surface area (Å²) in [5, 5.41) is 3.02. The van der Waals surface area contributed by atoms with Crippen molar-refractivity contribution in [2.24, 2.45) is 0 Å². The zero-order valence-corrected chi connectivity index (χ0v) is 19.3. The molecule has 2 aromatic heterocycles. The third kappa shape index (κ3) is 4.16. The summed E-state index contributed by atoms with van der Waals surface area (Å²) in [5.41, 5.74) is 12.8. The number of carbonyl (C=O) groups excluding carboxylic acids is 1. The Kier molecular flexibility index (Phi) is 5.72. The first-order valence-corrected chi connectivity index (χ1v) is 11.7. The van der Waals surface area contributed by atoms with E-state index in [-0.39, 0.29) is 5.91 Å². The van der Waals surface area contributed by atoms with Crippen LogP contribution in [0.5, 0.6) is 0 Å². The summed E-state index contributed by atoms with van der Waals surface area (Å²) < 4.78 is 1.96.